The van der Waals surface area contributed by atoms with Crippen molar-refractivity contribution in [2.24, 2.45) is 0 Å². The smallest absolute Gasteiger partial charge is 0.406 e. The molecule has 0 bridgehead atoms. The fourth-order valence-corrected chi connectivity index (χ4v) is 2.65. The molecule has 10 heteroatoms. The molecule has 1 aliphatic heterocycles. The maximum Gasteiger partial charge on any atom is 0.406 e. The normalized spacial score (nSPS) is 15.9. The lowest BCUT2D eigenvalue weighted by Crippen LogP contribution is -2.48. The van der Waals surface area contributed by atoms with E-state index >= 15 is 0 Å². The van der Waals surface area contributed by atoms with Gasteiger partial charge in [-0.1, -0.05) is 8.96 Å². The lowest BCUT2D eigenvalue weighted by atomic mass is 10.1. The Balaban J connectivity index is 0.00000180. The van der Waals surface area contributed by atoms with Crippen molar-refractivity contribution in [2.45, 2.75) is 19.3 Å². The summed E-state index contributed by atoms with van der Waals surface area (Å²) in [5.74, 6) is 0.0215. The fraction of sp³-hybridized carbons (Fsp3) is 0.556. The quantitative estimate of drug-likeness (QED) is 0.462. The second-order valence-corrected chi connectivity index (χ2v) is 5.45. The molecule has 0 saturated carbocycles. The summed E-state index contributed by atoms with van der Waals surface area (Å²) in [6, 6.07) is 1.40. The van der Waals surface area contributed by atoms with Crippen molar-refractivity contribution in [1.82, 2.24) is 4.98 Å². The highest BCUT2D eigenvalue weighted by Gasteiger charge is 2.25. The first-order valence-electron chi connectivity index (χ1n) is 5.60. The number of aromatic nitrogens is 2. The molecule has 2 rings (SSSR count). The molecule has 6 N–H and O–H groups in total. The predicted octanol–water partition coefficient (Wildman–Crippen LogP) is -1.00. The van der Waals surface area contributed by atoms with Crippen LogP contribution in [0.1, 0.15) is 19.3 Å². The SMILES string of the molecule is Nc1cc(N2CCCCC2)nc(N)[n+]1S(=O)(=O)O.[OH-]. The topological polar surface area (TPSA) is 156 Å². The van der Waals surface area contributed by atoms with Crippen LogP contribution >= 0.6 is 0 Å². The van der Waals surface area contributed by atoms with Gasteiger partial charge in [-0.3, -0.25) is 4.55 Å². The summed E-state index contributed by atoms with van der Waals surface area (Å²) >= 11 is 0. The largest absolute Gasteiger partial charge is 0.870 e. The van der Waals surface area contributed by atoms with Gasteiger partial charge in [0, 0.05) is 13.1 Å². The third-order valence-corrected chi connectivity index (χ3v) is 3.72. The lowest BCUT2D eigenvalue weighted by Gasteiger charge is -2.26. The van der Waals surface area contributed by atoms with Gasteiger partial charge in [0.05, 0.1) is 6.07 Å². The number of nitrogen functional groups attached to an aromatic ring is 2. The van der Waals surface area contributed by atoms with Crippen LogP contribution in [-0.4, -0.2) is 36.5 Å². The average molecular weight is 291 g/mol. The second kappa shape index (κ2) is 5.55. The zero-order valence-electron chi connectivity index (χ0n) is 10.2. The van der Waals surface area contributed by atoms with Crippen LogP contribution in [0.25, 0.3) is 0 Å². The van der Waals surface area contributed by atoms with Gasteiger partial charge in [0.15, 0.2) is 5.82 Å². The van der Waals surface area contributed by atoms with Crippen LogP contribution < -0.4 is 20.3 Å². The van der Waals surface area contributed by atoms with Gasteiger partial charge >= 0.3 is 16.3 Å². The highest BCUT2D eigenvalue weighted by Crippen LogP contribution is 2.19. The molecule has 0 unspecified atom stereocenters. The first-order valence-corrected chi connectivity index (χ1v) is 7.00. The Kier molecular flexibility index (Phi) is 4.50. The zero-order chi connectivity index (χ0) is 13.3. The van der Waals surface area contributed by atoms with E-state index < -0.39 is 10.3 Å². The summed E-state index contributed by atoms with van der Waals surface area (Å²) in [6.45, 7) is 1.67. The molecule has 0 aromatic carbocycles. The van der Waals surface area contributed by atoms with E-state index in [-0.39, 0.29) is 17.2 Å². The predicted molar refractivity (Wildman–Crippen MR) is 68.2 cm³/mol. The molecule has 19 heavy (non-hydrogen) atoms. The van der Waals surface area contributed by atoms with Crippen molar-refractivity contribution in [3.63, 3.8) is 0 Å². The molecular weight excluding hydrogens is 274 g/mol. The third kappa shape index (κ3) is 3.22. The van der Waals surface area contributed by atoms with Gasteiger partial charge in [0.1, 0.15) is 0 Å². The highest BCUT2D eigenvalue weighted by atomic mass is 32.2. The highest BCUT2D eigenvalue weighted by molar-refractivity contribution is 7.79. The van der Waals surface area contributed by atoms with E-state index in [1.165, 1.54) is 12.5 Å². The molecule has 2 heterocycles. The number of piperidine rings is 1. The summed E-state index contributed by atoms with van der Waals surface area (Å²) in [5.41, 5.74) is 11.1. The van der Waals surface area contributed by atoms with E-state index in [2.05, 4.69) is 4.98 Å². The number of anilines is 3. The molecule has 1 aromatic rings. The Morgan fingerprint density at radius 1 is 1.26 bits per heavy atom. The number of nitrogens with two attached hydrogens (primary N) is 2. The van der Waals surface area contributed by atoms with Gasteiger partial charge in [-0.15, -0.1) is 0 Å². The zero-order valence-corrected chi connectivity index (χ0v) is 11.0. The minimum absolute atomic E-state index is 0. The fourth-order valence-electron chi connectivity index (χ4n) is 2.05. The molecule has 1 fully saturated rings. The average Bonchev–Trinajstić information content (AvgIpc) is 2.27. The Labute approximate surface area is 111 Å². The Hall–Kier alpha value is -1.65. The van der Waals surface area contributed by atoms with Gasteiger partial charge in [0.2, 0.25) is 5.82 Å². The maximum absolute atomic E-state index is 11.1. The van der Waals surface area contributed by atoms with Crippen LogP contribution in [0.5, 0.6) is 0 Å². The number of nitrogens with zero attached hydrogens (tertiary/aromatic N) is 3. The van der Waals surface area contributed by atoms with Crippen LogP contribution in [0.3, 0.4) is 0 Å². The van der Waals surface area contributed by atoms with E-state index in [9.17, 15) is 8.42 Å². The van der Waals surface area contributed by atoms with Crippen LogP contribution in [0.4, 0.5) is 17.6 Å². The van der Waals surface area contributed by atoms with Gasteiger partial charge < -0.3 is 21.8 Å². The van der Waals surface area contributed by atoms with Crippen molar-refractivity contribution in [2.75, 3.05) is 29.5 Å². The molecule has 0 aliphatic carbocycles. The lowest BCUT2D eigenvalue weighted by molar-refractivity contribution is -0.489. The van der Waals surface area contributed by atoms with Crippen molar-refractivity contribution in [1.29, 1.82) is 0 Å². The molecule has 9 nitrogen and oxygen atoms in total. The van der Waals surface area contributed by atoms with Crippen LogP contribution in [0, 0.1) is 0 Å². The summed E-state index contributed by atoms with van der Waals surface area (Å²) in [5, 5.41) is 0. The summed E-state index contributed by atoms with van der Waals surface area (Å²) in [6.07, 6.45) is 3.27. The number of hydrogen-bond acceptors (Lipinski definition) is 7. The monoisotopic (exact) mass is 291 g/mol. The Morgan fingerprint density at radius 3 is 2.32 bits per heavy atom. The van der Waals surface area contributed by atoms with Gasteiger partial charge in [-0.2, -0.15) is 8.42 Å². The summed E-state index contributed by atoms with van der Waals surface area (Å²) in [4.78, 5) is 5.96. The van der Waals surface area contributed by atoms with Crippen LogP contribution in [0.2, 0.25) is 0 Å². The summed E-state index contributed by atoms with van der Waals surface area (Å²) in [7, 11) is -4.53. The van der Waals surface area contributed by atoms with Gasteiger partial charge in [-0.25, -0.2) is 0 Å². The Bertz CT molecular complexity index is 533. The molecule has 1 saturated heterocycles. The molecule has 0 spiro atoms. The molecule has 0 radical (unpaired) electrons. The standard InChI is InChI=1S/C9H15N5O3S.H2O/c10-7-6-8(13-4-2-1-3-5-13)12-9(11)14(7)18(15,16)17;/h6H,1-5H2,(H4,10,11,12,15,16,17);1H2. The summed E-state index contributed by atoms with van der Waals surface area (Å²) < 4.78 is 31.5. The van der Waals surface area contributed by atoms with E-state index in [4.69, 9.17) is 16.0 Å². The molecule has 1 aromatic heterocycles. The van der Waals surface area contributed by atoms with E-state index in [1.54, 1.807) is 0 Å². The van der Waals surface area contributed by atoms with E-state index in [0.29, 0.717) is 9.79 Å². The van der Waals surface area contributed by atoms with E-state index in [1.807, 2.05) is 4.90 Å². The van der Waals surface area contributed by atoms with Crippen molar-refractivity contribution in [3.05, 3.63) is 6.07 Å². The molecule has 108 valence electrons. The molecule has 1 aliphatic rings. The second-order valence-electron chi connectivity index (χ2n) is 4.19. The number of hydrogen-bond donors (Lipinski definition) is 3. The first kappa shape index (κ1) is 15.4. The van der Waals surface area contributed by atoms with Crippen LogP contribution in [0.15, 0.2) is 6.07 Å². The first-order chi connectivity index (χ1) is 8.39. The molecular formula is C9H17N5O4S. The van der Waals surface area contributed by atoms with Crippen molar-refractivity contribution in [3.8, 4) is 0 Å². The van der Waals surface area contributed by atoms with Crippen molar-refractivity contribution < 1.29 is 22.4 Å². The molecule has 0 atom stereocenters. The van der Waals surface area contributed by atoms with Crippen molar-refractivity contribution >= 4 is 27.9 Å². The minimum Gasteiger partial charge on any atom is -0.870 e. The van der Waals surface area contributed by atoms with Gasteiger partial charge in [-0.05, 0) is 19.3 Å². The minimum atomic E-state index is -4.53. The number of rotatable bonds is 2. The van der Waals surface area contributed by atoms with Gasteiger partial charge in [0.25, 0.3) is 0 Å². The maximum atomic E-state index is 11.1. The Morgan fingerprint density at radius 2 is 1.84 bits per heavy atom. The van der Waals surface area contributed by atoms with Crippen LogP contribution in [-0.2, 0) is 10.3 Å². The van der Waals surface area contributed by atoms with E-state index in [0.717, 1.165) is 25.9 Å². The molecule has 0 amide bonds. The third-order valence-electron chi connectivity index (χ3n) is 2.86.